The molecule has 0 aromatic heterocycles. The molecule has 1 fully saturated rings. The van der Waals surface area contributed by atoms with E-state index in [2.05, 4.69) is 37.3 Å². The molecule has 2 N–H and O–H groups in total. The third kappa shape index (κ3) is 5.96. The Kier molecular flexibility index (Phi) is 6.83. The zero-order valence-electron chi connectivity index (χ0n) is 12.9. The van der Waals surface area contributed by atoms with Crippen molar-refractivity contribution in [3.05, 3.63) is 34.3 Å². The molecule has 0 spiro atoms. The van der Waals surface area contributed by atoms with Gasteiger partial charge >= 0.3 is 0 Å². The van der Waals surface area contributed by atoms with E-state index in [4.69, 9.17) is 0 Å². The number of likely N-dealkylation sites (tertiary alicyclic amines) is 1. The summed E-state index contributed by atoms with van der Waals surface area (Å²) in [6.07, 6.45) is 4.40. The second kappa shape index (κ2) is 8.40. The fraction of sp³-hybridized carbons (Fsp3) is 0.600. The fourth-order valence-corrected chi connectivity index (χ4v) is 3.86. The second-order valence-electron chi connectivity index (χ2n) is 5.76. The SMILES string of the molecule is CN1CCC[C@H]1CCCNS(=O)(=O)NCc1ccc(Br)cc1. The summed E-state index contributed by atoms with van der Waals surface area (Å²) in [6.45, 7) is 1.94. The molecule has 22 heavy (non-hydrogen) atoms. The van der Waals surface area contributed by atoms with E-state index in [0.29, 0.717) is 19.1 Å². The van der Waals surface area contributed by atoms with E-state index in [9.17, 15) is 8.42 Å². The lowest BCUT2D eigenvalue weighted by atomic mass is 10.1. The minimum atomic E-state index is -3.42. The number of benzene rings is 1. The largest absolute Gasteiger partial charge is 0.303 e. The van der Waals surface area contributed by atoms with Crippen LogP contribution in [-0.4, -0.2) is 39.5 Å². The second-order valence-corrected chi connectivity index (χ2v) is 8.26. The van der Waals surface area contributed by atoms with Crippen molar-refractivity contribution in [3.8, 4) is 0 Å². The van der Waals surface area contributed by atoms with Gasteiger partial charge in [0.25, 0.3) is 10.2 Å². The van der Waals surface area contributed by atoms with Gasteiger partial charge in [-0.2, -0.15) is 13.1 Å². The number of nitrogens with one attached hydrogen (secondary N) is 2. The first-order valence-corrected chi connectivity index (χ1v) is 9.93. The predicted molar refractivity (Wildman–Crippen MR) is 92.8 cm³/mol. The van der Waals surface area contributed by atoms with Crippen molar-refractivity contribution in [2.24, 2.45) is 0 Å². The summed E-state index contributed by atoms with van der Waals surface area (Å²) in [7, 11) is -1.28. The zero-order chi connectivity index (χ0) is 16.0. The average molecular weight is 390 g/mol. The van der Waals surface area contributed by atoms with Gasteiger partial charge in [0.1, 0.15) is 0 Å². The third-order valence-corrected chi connectivity index (χ3v) is 5.69. The van der Waals surface area contributed by atoms with E-state index in [0.717, 1.165) is 29.4 Å². The van der Waals surface area contributed by atoms with Crippen molar-refractivity contribution in [2.45, 2.75) is 38.3 Å². The summed E-state index contributed by atoms with van der Waals surface area (Å²) in [4.78, 5) is 2.36. The van der Waals surface area contributed by atoms with Crippen LogP contribution in [0, 0.1) is 0 Å². The van der Waals surface area contributed by atoms with E-state index in [1.54, 1.807) is 0 Å². The Hall–Kier alpha value is -0.470. The van der Waals surface area contributed by atoms with Gasteiger partial charge in [-0.3, -0.25) is 0 Å². The molecule has 1 saturated heterocycles. The number of hydrogen-bond donors (Lipinski definition) is 2. The summed E-state index contributed by atoms with van der Waals surface area (Å²) in [5, 5.41) is 0. The Morgan fingerprint density at radius 1 is 1.27 bits per heavy atom. The van der Waals surface area contributed by atoms with Crippen molar-refractivity contribution in [2.75, 3.05) is 20.1 Å². The summed E-state index contributed by atoms with van der Waals surface area (Å²) in [5.74, 6) is 0. The molecule has 0 unspecified atom stereocenters. The topological polar surface area (TPSA) is 61.4 Å². The highest BCUT2D eigenvalue weighted by Gasteiger charge is 2.20. The van der Waals surface area contributed by atoms with Crippen molar-refractivity contribution in [1.29, 1.82) is 0 Å². The van der Waals surface area contributed by atoms with Crippen LogP contribution in [0.4, 0.5) is 0 Å². The molecule has 1 atom stereocenters. The lowest BCUT2D eigenvalue weighted by Crippen LogP contribution is -2.37. The van der Waals surface area contributed by atoms with Gasteiger partial charge in [0.05, 0.1) is 0 Å². The van der Waals surface area contributed by atoms with Gasteiger partial charge in [-0.15, -0.1) is 0 Å². The number of halogens is 1. The normalized spacial score (nSPS) is 19.6. The average Bonchev–Trinajstić information content (AvgIpc) is 2.89. The summed E-state index contributed by atoms with van der Waals surface area (Å²) in [6, 6.07) is 8.19. The molecule has 1 heterocycles. The smallest absolute Gasteiger partial charge is 0.277 e. The Morgan fingerprint density at radius 3 is 2.64 bits per heavy atom. The Bertz CT molecular complexity index is 563. The van der Waals surface area contributed by atoms with Crippen LogP contribution < -0.4 is 9.44 Å². The fourth-order valence-electron chi connectivity index (χ4n) is 2.72. The molecule has 1 aliphatic rings. The van der Waals surface area contributed by atoms with Gasteiger partial charge in [0.15, 0.2) is 0 Å². The monoisotopic (exact) mass is 389 g/mol. The lowest BCUT2D eigenvalue weighted by Gasteiger charge is -2.19. The van der Waals surface area contributed by atoms with Crippen molar-refractivity contribution in [3.63, 3.8) is 0 Å². The van der Waals surface area contributed by atoms with Crippen LogP contribution in [0.5, 0.6) is 0 Å². The number of rotatable bonds is 8. The molecule has 7 heteroatoms. The first kappa shape index (κ1) is 17.9. The van der Waals surface area contributed by atoms with Crippen molar-refractivity contribution >= 4 is 26.1 Å². The molecule has 1 aromatic carbocycles. The standard InChI is InChI=1S/C15H24BrN3O2S/c1-19-11-3-5-15(19)4-2-10-17-22(20,21)18-12-13-6-8-14(16)9-7-13/h6-9,15,17-18H,2-5,10-12H2,1H3/t15-/m1/s1. The zero-order valence-corrected chi connectivity index (χ0v) is 15.3. The molecule has 0 amide bonds. The molecular weight excluding hydrogens is 366 g/mol. The van der Waals surface area contributed by atoms with Gasteiger partial charge in [-0.05, 0) is 57.0 Å². The molecular formula is C15H24BrN3O2S. The first-order chi connectivity index (χ1) is 10.5. The molecule has 1 aromatic rings. The molecule has 0 saturated carbocycles. The van der Waals surface area contributed by atoms with E-state index >= 15 is 0 Å². The minimum absolute atomic E-state index is 0.300. The van der Waals surface area contributed by atoms with Crippen LogP contribution in [0.2, 0.25) is 0 Å². The van der Waals surface area contributed by atoms with Gasteiger partial charge in [0.2, 0.25) is 0 Å². The highest BCUT2D eigenvalue weighted by atomic mass is 79.9. The Balaban J connectivity index is 1.66. The Morgan fingerprint density at radius 2 is 2.00 bits per heavy atom. The van der Waals surface area contributed by atoms with Gasteiger partial charge in [-0.25, -0.2) is 4.72 Å². The van der Waals surface area contributed by atoms with E-state index in [1.165, 1.54) is 12.8 Å². The molecule has 0 bridgehead atoms. The molecule has 124 valence electrons. The van der Waals surface area contributed by atoms with Crippen LogP contribution in [-0.2, 0) is 16.8 Å². The van der Waals surface area contributed by atoms with E-state index in [1.807, 2.05) is 24.3 Å². The maximum absolute atomic E-state index is 11.9. The van der Waals surface area contributed by atoms with Crippen LogP contribution in [0.1, 0.15) is 31.2 Å². The van der Waals surface area contributed by atoms with E-state index < -0.39 is 10.2 Å². The number of nitrogens with zero attached hydrogens (tertiary/aromatic N) is 1. The van der Waals surface area contributed by atoms with Gasteiger partial charge < -0.3 is 4.90 Å². The summed E-state index contributed by atoms with van der Waals surface area (Å²) < 4.78 is 29.9. The molecule has 0 aliphatic carbocycles. The highest BCUT2D eigenvalue weighted by molar-refractivity contribution is 9.10. The lowest BCUT2D eigenvalue weighted by molar-refractivity contribution is 0.292. The van der Waals surface area contributed by atoms with Gasteiger partial charge in [-0.1, -0.05) is 28.1 Å². The Labute approximate surface area is 141 Å². The molecule has 5 nitrogen and oxygen atoms in total. The predicted octanol–water partition coefficient (Wildman–Crippen LogP) is 2.25. The minimum Gasteiger partial charge on any atom is -0.303 e. The van der Waals surface area contributed by atoms with Crippen molar-refractivity contribution < 1.29 is 8.42 Å². The summed E-state index contributed by atoms with van der Waals surface area (Å²) >= 11 is 3.36. The van der Waals surface area contributed by atoms with Crippen LogP contribution in [0.15, 0.2) is 28.7 Å². The van der Waals surface area contributed by atoms with Gasteiger partial charge in [0, 0.05) is 23.6 Å². The summed E-state index contributed by atoms with van der Waals surface area (Å²) in [5.41, 5.74) is 0.932. The quantitative estimate of drug-likeness (QED) is 0.670. The van der Waals surface area contributed by atoms with Crippen LogP contribution >= 0.6 is 15.9 Å². The maximum atomic E-state index is 11.9. The van der Waals surface area contributed by atoms with Crippen LogP contribution in [0.25, 0.3) is 0 Å². The first-order valence-electron chi connectivity index (χ1n) is 7.65. The van der Waals surface area contributed by atoms with Crippen LogP contribution in [0.3, 0.4) is 0 Å². The highest BCUT2D eigenvalue weighted by Crippen LogP contribution is 2.18. The maximum Gasteiger partial charge on any atom is 0.277 e. The molecule has 1 aliphatic heterocycles. The van der Waals surface area contributed by atoms with Crippen molar-refractivity contribution in [1.82, 2.24) is 14.3 Å². The van der Waals surface area contributed by atoms with E-state index in [-0.39, 0.29) is 0 Å². The molecule has 0 radical (unpaired) electrons. The third-order valence-electron chi connectivity index (χ3n) is 4.06. The number of hydrogen-bond acceptors (Lipinski definition) is 3. The molecule has 2 rings (SSSR count).